The second kappa shape index (κ2) is 4.23. The lowest BCUT2D eigenvalue weighted by Gasteiger charge is -2.29. The maximum absolute atomic E-state index is 11.4. The number of hydrogen-bond acceptors (Lipinski definition) is 2. The van der Waals surface area contributed by atoms with Crippen LogP contribution in [-0.4, -0.2) is 31.6 Å². The van der Waals surface area contributed by atoms with E-state index in [4.69, 9.17) is 0 Å². The number of sulfonamides is 1. The maximum atomic E-state index is 11.4. The first kappa shape index (κ1) is 9.99. The Labute approximate surface area is 74.8 Å². The van der Waals surface area contributed by atoms with Crippen molar-refractivity contribution < 1.29 is 8.42 Å². The van der Waals surface area contributed by atoms with Crippen molar-refractivity contribution in [3.63, 3.8) is 0 Å². The summed E-state index contributed by atoms with van der Waals surface area (Å²) in [7, 11) is -2.86. The second-order valence-corrected chi connectivity index (χ2v) is 5.36. The average Bonchev–Trinajstić information content (AvgIpc) is 1.82. The van der Waals surface area contributed by atoms with Gasteiger partial charge in [0.25, 0.3) is 0 Å². The molecule has 0 aromatic heterocycles. The molecule has 72 valence electrons. The minimum atomic E-state index is -2.86. The Hall–Kier alpha value is -0.0900. The van der Waals surface area contributed by atoms with Gasteiger partial charge in [-0.1, -0.05) is 19.8 Å². The van der Waals surface area contributed by atoms with E-state index >= 15 is 0 Å². The van der Waals surface area contributed by atoms with Crippen molar-refractivity contribution in [2.45, 2.75) is 32.6 Å². The van der Waals surface area contributed by atoms with Gasteiger partial charge in [-0.3, -0.25) is 0 Å². The third-order valence-corrected chi connectivity index (χ3v) is 4.17. The topological polar surface area (TPSA) is 37.4 Å². The van der Waals surface area contributed by atoms with Crippen LogP contribution in [0.4, 0.5) is 0 Å². The summed E-state index contributed by atoms with van der Waals surface area (Å²) in [5, 5.41) is 0. The highest BCUT2D eigenvalue weighted by Gasteiger charge is 2.26. The molecule has 0 amide bonds. The molecular weight excluding hydrogens is 174 g/mol. The lowest BCUT2D eigenvalue weighted by Crippen LogP contribution is -2.43. The average molecular weight is 191 g/mol. The van der Waals surface area contributed by atoms with Gasteiger partial charge in [0.15, 0.2) is 0 Å². The number of unbranched alkanes of at least 4 members (excludes halogenated alkanes) is 2. The van der Waals surface area contributed by atoms with Gasteiger partial charge in [0, 0.05) is 13.1 Å². The number of hydrogen-bond donors (Lipinski definition) is 0. The molecule has 0 aromatic carbocycles. The van der Waals surface area contributed by atoms with Crippen LogP contribution in [0.15, 0.2) is 0 Å². The van der Waals surface area contributed by atoms with Crippen LogP contribution >= 0.6 is 0 Å². The molecule has 3 nitrogen and oxygen atoms in total. The van der Waals surface area contributed by atoms with Gasteiger partial charge in [-0.05, 0) is 12.8 Å². The molecule has 12 heavy (non-hydrogen) atoms. The Kier molecular flexibility index (Phi) is 3.53. The largest absolute Gasteiger partial charge is 0.214 e. The van der Waals surface area contributed by atoms with Gasteiger partial charge in [-0.2, -0.15) is 0 Å². The molecule has 1 aliphatic rings. The SMILES string of the molecule is CCCCCS(=O)(=O)N1CCC1. The fourth-order valence-electron chi connectivity index (χ4n) is 1.23. The zero-order valence-corrected chi connectivity index (χ0v) is 8.44. The van der Waals surface area contributed by atoms with E-state index in [1.165, 1.54) is 0 Å². The first-order chi connectivity index (χ1) is 5.67. The molecule has 1 heterocycles. The van der Waals surface area contributed by atoms with Crippen molar-refractivity contribution in [1.29, 1.82) is 0 Å². The van der Waals surface area contributed by atoms with E-state index in [2.05, 4.69) is 6.92 Å². The van der Waals surface area contributed by atoms with Crippen molar-refractivity contribution in [1.82, 2.24) is 4.31 Å². The molecule has 0 bridgehead atoms. The number of nitrogens with zero attached hydrogens (tertiary/aromatic N) is 1. The quantitative estimate of drug-likeness (QED) is 0.613. The molecule has 0 atom stereocenters. The summed E-state index contributed by atoms with van der Waals surface area (Å²) in [6.07, 6.45) is 3.95. The summed E-state index contributed by atoms with van der Waals surface area (Å²) < 4.78 is 24.4. The third kappa shape index (κ3) is 2.45. The molecule has 1 rings (SSSR count). The van der Waals surface area contributed by atoms with Gasteiger partial charge < -0.3 is 0 Å². The summed E-state index contributed by atoms with van der Waals surface area (Å²) >= 11 is 0. The van der Waals surface area contributed by atoms with E-state index in [0.717, 1.165) is 38.8 Å². The van der Waals surface area contributed by atoms with Crippen molar-refractivity contribution in [3.05, 3.63) is 0 Å². The molecule has 0 spiro atoms. The van der Waals surface area contributed by atoms with Crippen molar-refractivity contribution in [2.75, 3.05) is 18.8 Å². The normalized spacial score (nSPS) is 19.1. The van der Waals surface area contributed by atoms with E-state index in [1.807, 2.05) is 0 Å². The first-order valence-corrected chi connectivity index (χ1v) is 6.25. The molecule has 0 N–H and O–H groups in total. The van der Waals surface area contributed by atoms with E-state index in [0.29, 0.717) is 5.75 Å². The highest BCUT2D eigenvalue weighted by molar-refractivity contribution is 7.89. The van der Waals surface area contributed by atoms with E-state index < -0.39 is 10.0 Å². The third-order valence-electron chi connectivity index (χ3n) is 2.21. The van der Waals surface area contributed by atoms with Gasteiger partial charge in [-0.15, -0.1) is 0 Å². The first-order valence-electron chi connectivity index (χ1n) is 4.64. The van der Waals surface area contributed by atoms with Crippen LogP contribution in [0.5, 0.6) is 0 Å². The van der Waals surface area contributed by atoms with Crippen LogP contribution in [0.1, 0.15) is 32.6 Å². The maximum Gasteiger partial charge on any atom is 0.214 e. The highest BCUT2D eigenvalue weighted by atomic mass is 32.2. The number of rotatable bonds is 5. The Morgan fingerprint density at radius 1 is 1.25 bits per heavy atom. The van der Waals surface area contributed by atoms with Gasteiger partial charge >= 0.3 is 0 Å². The molecule has 0 radical (unpaired) electrons. The monoisotopic (exact) mass is 191 g/mol. The molecule has 0 unspecified atom stereocenters. The summed E-state index contributed by atoms with van der Waals surface area (Å²) in [4.78, 5) is 0. The second-order valence-electron chi connectivity index (χ2n) is 3.28. The fourth-order valence-corrected chi connectivity index (χ4v) is 2.87. The van der Waals surface area contributed by atoms with E-state index in [1.54, 1.807) is 4.31 Å². The Morgan fingerprint density at radius 2 is 1.92 bits per heavy atom. The van der Waals surface area contributed by atoms with Crippen LogP contribution < -0.4 is 0 Å². The van der Waals surface area contributed by atoms with Crippen LogP contribution in [0.3, 0.4) is 0 Å². The molecule has 0 aromatic rings. The minimum Gasteiger partial charge on any atom is -0.212 e. The molecule has 4 heteroatoms. The molecule has 0 aliphatic carbocycles. The van der Waals surface area contributed by atoms with E-state index in [9.17, 15) is 8.42 Å². The smallest absolute Gasteiger partial charge is 0.212 e. The van der Waals surface area contributed by atoms with Crippen LogP contribution in [0, 0.1) is 0 Å². The molecule has 1 fully saturated rings. The zero-order valence-electron chi connectivity index (χ0n) is 7.62. The summed E-state index contributed by atoms with van der Waals surface area (Å²) in [5.41, 5.74) is 0. The fraction of sp³-hybridized carbons (Fsp3) is 1.00. The van der Waals surface area contributed by atoms with Crippen LogP contribution in [0.2, 0.25) is 0 Å². The summed E-state index contributed by atoms with van der Waals surface area (Å²) in [6, 6.07) is 0. The standard InChI is InChI=1S/C8H17NO2S/c1-2-3-4-8-12(10,11)9-6-5-7-9/h2-8H2,1H3. The van der Waals surface area contributed by atoms with E-state index in [-0.39, 0.29) is 0 Å². The molecule has 1 saturated heterocycles. The molecule has 1 aliphatic heterocycles. The van der Waals surface area contributed by atoms with Crippen LogP contribution in [-0.2, 0) is 10.0 Å². The van der Waals surface area contributed by atoms with Gasteiger partial charge in [0.2, 0.25) is 10.0 Å². The predicted molar refractivity (Wildman–Crippen MR) is 49.5 cm³/mol. The van der Waals surface area contributed by atoms with Crippen LogP contribution in [0.25, 0.3) is 0 Å². The zero-order chi connectivity index (χ0) is 9.03. The summed E-state index contributed by atoms with van der Waals surface area (Å²) in [6.45, 7) is 3.57. The predicted octanol–water partition coefficient (Wildman–Crippen LogP) is 1.21. The van der Waals surface area contributed by atoms with Gasteiger partial charge in [0.1, 0.15) is 0 Å². The Bertz CT molecular complexity index is 219. The summed E-state index contributed by atoms with van der Waals surface area (Å²) in [5.74, 6) is 0.348. The minimum absolute atomic E-state index is 0.348. The van der Waals surface area contributed by atoms with Crippen molar-refractivity contribution >= 4 is 10.0 Å². The molecule has 0 saturated carbocycles. The van der Waals surface area contributed by atoms with Crippen molar-refractivity contribution in [2.24, 2.45) is 0 Å². The highest BCUT2D eigenvalue weighted by Crippen LogP contribution is 2.14. The lowest BCUT2D eigenvalue weighted by molar-refractivity contribution is 0.309. The Balaban J connectivity index is 2.28. The lowest BCUT2D eigenvalue weighted by atomic mass is 10.3. The van der Waals surface area contributed by atoms with Gasteiger partial charge in [-0.25, -0.2) is 12.7 Å². The Morgan fingerprint density at radius 3 is 2.33 bits per heavy atom. The van der Waals surface area contributed by atoms with Gasteiger partial charge in [0.05, 0.1) is 5.75 Å². The molecular formula is C8H17NO2S. The van der Waals surface area contributed by atoms with Crippen molar-refractivity contribution in [3.8, 4) is 0 Å².